The number of thioether (sulfide) groups is 2. The van der Waals surface area contributed by atoms with Gasteiger partial charge in [-0.3, -0.25) is 0 Å². The Kier molecular flexibility index (Phi) is 15.0. The molecule has 2 N–H and O–H groups in total. The molecule has 0 amide bonds. The van der Waals surface area contributed by atoms with Crippen LogP contribution in [0, 0.1) is 5.92 Å². The molecule has 0 heterocycles. The van der Waals surface area contributed by atoms with Crippen LogP contribution in [0.15, 0.2) is 0 Å². The molecule has 3 atom stereocenters. The zero-order valence-corrected chi connectivity index (χ0v) is 14.7. The van der Waals surface area contributed by atoms with Crippen LogP contribution in [0.5, 0.6) is 0 Å². The fraction of sp³-hybridized carbons (Fsp3) is 1.00. The summed E-state index contributed by atoms with van der Waals surface area (Å²) < 4.78 is 0. The van der Waals surface area contributed by atoms with E-state index in [1.165, 1.54) is 19.3 Å². The van der Waals surface area contributed by atoms with Gasteiger partial charge in [-0.2, -0.15) is 23.5 Å². The quantitative estimate of drug-likeness (QED) is 0.395. The van der Waals surface area contributed by atoms with Crippen LogP contribution in [0.3, 0.4) is 0 Å². The molecule has 6 heteroatoms. The van der Waals surface area contributed by atoms with Gasteiger partial charge in [0.15, 0.2) is 0 Å². The normalized spacial score (nSPS) is 16.3. The standard InChI is InChI=1S/C13H26Cl2O2S2/c1-11(8-19-10-13(17)7-15)4-2-3-5-18-9-12(16)6-14/h11-13,16-17H,2-10H2,1H3. The highest BCUT2D eigenvalue weighted by Gasteiger charge is 2.06. The van der Waals surface area contributed by atoms with Crippen LogP contribution in [0.25, 0.3) is 0 Å². The highest BCUT2D eigenvalue weighted by molar-refractivity contribution is 7.99. The molecule has 0 aromatic carbocycles. The van der Waals surface area contributed by atoms with Gasteiger partial charge in [-0.1, -0.05) is 13.3 Å². The first-order valence-electron chi connectivity index (χ1n) is 6.73. The molecule has 116 valence electrons. The Morgan fingerprint density at radius 2 is 1.47 bits per heavy atom. The van der Waals surface area contributed by atoms with Crippen molar-refractivity contribution < 1.29 is 10.2 Å². The first-order chi connectivity index (χ1) is 9.10. The molecule has 0 fully saturated rings. The van der Waals surface area contributed by atoms with Crippen molar-refractivity contribution in [2.24, 2.45) is 5.92 Å². The first kappa shape index (κ1) is 20.2. The average Bonchev–Trinajstić information content (AvgIpc) is 2.41. The van der Waals surface area contributed by atoms with E-state index in [4.69, 9.17) is 23.2 Å². The van der Waals surface area contributed by atoms with Gasteiger partial charge in [0, 0.05) is 23.3 Å². The highest BCUT2D eigenvalue weighted by atomic mass is 35.5. The van der Waals surface area contributed by atoms with E-state index in [1.54, 1.807) is 23.5 Å². The predicted octanol–water partition coefficient (Wildman–Crippen LogP) is 3.46. The maximum atomic E-state index is 9.32. The maximum Gasteiger partial charge on any atom is 0.0765 e. The Labute approximate surface area is 136 Å². The third-order valence-corrected chi connectivity index (χ3v) is 5.95. The Hall–Kier alpha value is 1.20. The summed E-state index contributed by atoms with van der Waals surface area (Å²) in [5.41, 5.74) is 0. The van der Waals surface area contributed by atoms with Gasteiger partial charge in [-0.05, 0) is 30.3 Å². The molecular formula is C13H26Cl2O2S2. The number of unbranched alkanes of at least 4 members (excludes halogenated alkanes) is 1. The minimum atomic E-state index is -0.372. The van der Waals surface area contributed by atoms with Crippen LogP contribution in [0.1, 0.15) is 26.2 Å². The van der Waals surface area contributed by atoms with E-state index in [-0.39, 0.29) is 12.2 Å². The fourth-order valence-electron chi connectivity index (χ4n) is 1.49. The van der Waals surface area contributed by atoms with Crippen LogP contribution >= 0.6 is 46.7 Å². The molecule has 0 aliphatic carbocycles. The molecule has 0 spiro atoms. The molecule has 0 saturated heterocycles. The lowest BCUT2D eigenvalue weighted by molar-refractivity contribution is 0.223. The zero-order valence-electron chi connectivity index (χ0n) is 11.6. The van der Waals surface area contributed by atoms with Crippen molar-refractivity contribution in [3.05, 3.63) is 0 Å². The van der Waals surface area contributed by atoms with Crippen molar-refractivity contribution >= 4 is 46.7 Å². The van der Waals surface area contributed by atoms with Gasteiger partial charge in [0.1, 0.15) is 0 Å². The van der Waals surface area contributed by atoms with E-state index >= 15 is 0 Å². The second kappa shape index (κ2) is 14.2. The number of aliphatic hydroxyl groups is 2. The second-order valence-corrected chi connectivity index (χ2v) is 7.67. The highest BCUT2D eigenvalue weighted by Crippen LogP contribution is 2.17. The van der Waals surface area contributed by atoms with E-state index in [2.05, 4.69) is 6.92 Å². The largest absolute Gasteiger partial charge is 0.391 e. The summed E-state index contributed by atoms with van der Waals surface area (Å²) in [6, 6.07) is 0. The molecule has 0 bridgehead atoms. The van der Waals surface area contributed by atoms with E-state index in [0.717, 1.165) is 23.0 Å². The van der Waals surface area contributed by atoms with Crippen molar-refractivity contribution in [2.45, 2.75) is 38.4 Å². The average molecular weight is 349 g/mol. The molecule has 0 rings (SSSR count). The summed E-state index contributed by atoms with van der Waals surface area (Å²) >= 11 is 14.6. The lowest BCUT2D eigenvalue weighted by Gasteiger charge is -2.12. The second-order valence-electron chi connectivity index (χ2n) is 4.83. The molecule has 0 aromatic rings. The van der Waals surface area contributed by atoms with E-state index in [1.807, 2.05) is 0 Å². The van der Waals surface area contributed by atoms with E-state index in [9.17, 15) is 10.2 Å². The summed E-state index contributed by atoms with van der Waals surface area (Å²) in [5.74, 6) is 5.00. The van der Waals surface area contributed by atoms with Gasteiger partial charge in [-0.15, -0.1) is 23.2 Å². The maximum absolute atomic E-state index is 9.32. The van der Waals surface area contributed by atoms with Gasteiger partial charge in [0.25, 0.3) is 0 Å². The van der Waals surface area contributed by atoms with Crippen LogP contribution in [0.4, 0.5) is 0 Å². The van der Waals surface area contributed by atoms with E-state index < -0.39 is 0 Å². The molecule has 0 radical (unpaired) electrons. The molecule has 0 aliphatic heterocycles. The molecule has 0 aliphatic rings. The zero-order chi connectivity index (χ0) is 14.5. The van der Waals surface area contributed by atoms with Crippen LogP contribution in [-0.4, -0.2) is 57.2 Å². The predicted molar refractivity (Wildman–Crippen MR) is 91.1 cm³/mol. The fourth-order valence-corrected chi connectivity index (χ4v) is 4.03. The first-order valence-corrected chi connectivity index (χ1v) is 10.1. The molecule has 0 aromatic heterocycles. The number of halogens is 2. The van der Waals surface area contributed by atoms with Gasteiger partial charge >= 0.3 is 0 Å². The monoisotopic (exact) mass is 348 g/mol. The lowest BCUT2D eigenvalue weighted by Crippen LogP contribution is -2.13. The Morgan fingerprint density at radius 3 is 2.05 bits per heavy atom. The Bertz CT molecular complexity index is 199. The minimum absolute atomic E-state index is 0.326. The summed E-state index contributed by atoms with van der Waals surface area (Å²) in [5, 5.41) is 18.6. The molecule has 0 saturated carbocycles. The smallest absolute Gasteiger partial charge is 0.0765 e. The Balaban J connectivity index is 3.27. The number of rotatable bonds is 13. The van der Waals surface area contributed by atoms with E-state index in [0.29, 0.717) is 17.7 Å². The Morgan fingerprint density at radius 1 is 0.895 bits per heavy atom. The number of alkyl halides is 2. The molecular weight excluding hydrogens is 323 g/mol. The molecule has 3 unspecified atom stereocenters. The van der Waals surface area contributed by atoms with Crippen molar-refractivity contribution in [3.8, 4) is 0 Å². The summed E-state index contributed by atoms with van der Waals surface area (Å²) in [6.45, 7) is 2.25. The van der Waals surface area contributed by atoms with Crippen molar-refractivity contribution in [1.82, 2.24) is 0 Å². The van der Waals surface area contributed by atoms with Crippen LogP contribution < -0.4 is 0 Å². The van der Waals surface area contributed by atoms with Gasteiger partial charge < -0.3 is 10.2 Å². The lowest BCUT2D eigenvalue weighted by atomic mass is 10.1. The minimum Gasteiger partial charge on any atom is -0.391 e. The third kappa shape index (κ3) is 13.9. The van der Waals surface area contributed by atoms with Gasteiger partial charge in [0.05, 0.1) is 12.2 Å². The van der Waals surface area contributed by atoms with Crippen molar-refractivity contribution in [2.75, 3.05) is 34.8 Å². The number of aliphatic hydroxyl groups excluding tert-OH is 2. The topological polar surface area (TPSA) is 40.5 Å². The SMILES string of the molecule is CC(CCCCSCC(O)CCl)CSCC(O)CCl. The van der Waals surface area contributed by atoms with Crippen LogP contribution in [0.2, 0.25) is 0 Å². The van der Waals surface area contributed by atoms with Gasteiger partial charge in [0.2, 0.25) is 0 Å². The summed E-state index contributed by atoms with van der Waals surface area (Å²) in [6.07, 6.45) is 2.91. The number of hydrogen-bond acceptors (Lipinski definition) is 4. The summed E-state index contributed by atoms with van der Waals surface area (Å²) in [7, 11) is 0. The number of hydrogen-bond donors (Lipinski definition) is 2. The third-order valence-electron chi connectivity index (χ3n) is 2.61. The molecule has 2 nitrogen and oxygen atoms in total. The summed E-state index contributed by atoms with van der Waals surface area (Å²) in [4.78, 5) is 0. The van der Waals surface area contributed by atoms with Crippen molar-refractivity contribution in [1.29, 1.82) is 0 Å². The van der Waals surface area contributed by atoms with Crippen molar-refractivity contribution in [3.63, 3.8) is 0 Å². The van der Waals surface area contributed by atoms with Crippen LogP contribution in [-0.2, 0) is 0 Å². The van der Waals surface area contributed by atoms with Gasteiger partial charge in [-0.25, -0.2) is 0 Å². The molecule has 19 heavy (non-hydrogen) atoms.